The van der Waals surface area contributed by atoms with Gasteiger partial charge >= 0.3 is 5.69 Å². The Kier molecular flexibility index (Phi) is 6.16. The Balaban J connectivity index is 1.39. The molecule has 0 unspecified atom stereocenters. The van der Waals surface area contributed by atoms with E-state index in [1.54, 1.807) is 30.5 Å². The van der Waals surface area contributed by atoms with Gasteiger partial charge in [0.25, 0.3) is 5.91 Å². The van der Waals surface area contributed by atoms with Gasteiger partial charge in [-0.25, -0.2) is 4.68 Å². The Hall–Kier alpha value is -4.47. The summed E-state index contributed by atoms with van der Waals surface area (Å²) in [5.74, 6) is -0.244. The molecule has 10 nitrogen and oxygen atoms in total. The summed E-state index contributed by atoms with van der Waals surface area (Å²) >= 11 is 0. The van der Waals surface area contributed by atoms with E-state index in [2.05, 4.69) is 15.5 Å². The highest BCUT2D eigenvalue weighted by Crippen LogP contribution is 2.26. The molecule has 1 N–H and O–H groups in total. The fourth-order valence-electron chi connectivity index (χ4n) is 3.37. The van der Waals surface area contributed by atoms with Crippen LogP contribution < -0.4 is 10.1 Å². The smallest absolute Gasteiger partial charge is 0.311 e. The molecule has 33 heavy (non-hydrogen) atoms. The maximum Gasteiger partial charge on any atom is 0.311 e. The molecule has 2 aromatic carbocycles. The van der Waals surface area contributed by atoms with E-state index >= 15 is 0 Å². The van der Waals surface area contributed by atoms with Crippen LogP contribution in [0.25, 0.3) is 0 Å². The molecule has 0 radical (unpaired) electrons. The Morgan fingerprint density at radius 1 is 1.09 bits per heavy atom. The number of nitrogens with zero attached hydrogens (tertiary/aromatic N) is 5. The Bertz CT molecular complexity index is 1310. The Morgan fingerprint density at radius 2 is 1.91 bits per heavy atom. The number of carbonyl (C=O) groups excluding carboxylic acids is 1. The van der Waals surface area contributed by atoms with E-state index in [9.17, 15) is 14.9 Å². The number of nitro groups is 1. The Morgan fingerprint density at radius 3 is 2.67 bits per heavy atom. The number of aromatic nitrogens is 4. The first-order valence-corrected chi connectivity index (χ1v) is 10.2. The summed E-state index contributed by atoms with van der Waals surface area (Å²) < 4.78 is 8.80. The second kappa shape index (κ2) is 9.35. The number of amides is 1. The van der Waals surface area contributed by atoms with E-state index in [4.69, 9.17) is 4.74 Å². The molecule has 2 aromatic heterocycles. The minimum absolute atomic E-state index is 0.0732. The summed E-state index contributed by atoms with van der Waals surface area (Å²) in [6.07, 6.45) is 1.57. The van der Waals surface area contributed by atoms with Crippen LogP contribution in [0.4, 0.5) is 11.4 Å². The zero-order chi connectivity index (χ0) is 23.4. The average molecular weight is 446 g/mol. The van der Waals surface area contributed by atoms with Gasteiger partial charge in [0, 0.05) is 23.6 Å². The molecule has 1 amide bonds. The molecule has 0 aliphatic carbocycles. The number of carbonyl (C=O) groups is 1. The summed E-state index contributed by atoms with van der Waals surface area (Å²) in [6, 6.07) is 17.2. The normalized spacial score (nSPS) is 10.7. The first kappa shape index (κ1) is 21.8. The van der Waals surface area contributed by atoms with Crippen LogP contribution in [0.1, 0.15) is 27.4 Å². The lowest BCUT2D eigenvalue weighted by Crippen LogP contribution is -2.14. The summed E-state index contributed by atoms with van der Waals surface area (Å²) in [5, 5.41) is 22.6. The molecule has 0 fully saturated rings. The van der Waals surface area contributed by atoms with E-state index in [-0.39, 0.29) is 29.8 Å². The van der Waals surface area contributed by atoms with Crippen LogP contribution in [-0.4, -0.2) is 30.4 Å². The molecule has 0 saturated heterocycles. The van der Waals surface area contributed by atoms with Crippen molar-refractivity contribution in [3.63, 3.8) is 0 Å². The van der Waals surface area contributed by atoms with Gasteiger partial charge in [0.15, 0.2) is 18.2 Å². The molecular weight excluding hydrogens is 424 g/mol. The van der Waals surface area contributed by atoms with Gasteiger partial charge in [-0.2, -0.15) is 10.2 Å². The predicted molar refractivity (Wildman–Crippen MR) is 121 cm³/mol. The SMILES string of the molecule is Cc1cc(C)n(Cc2cccc(NC(=O)c3ccn(COc4ccccc4[N+](=O)[O-])n3)c2)n1. The molecule has 0 spiro atoms. The average Bonchev–Trinajstić information content (AvgIpc) is 3.38. The highest BCUT2D eigenvalue weighted by molar-refractivity contribution is 6.02. The molecule has 4 aromatic rings. The predicted octanol–water partition coefficient (Wildman–Crippen LogP) is 3.94. The molecule has 168 valence electrons. The van der Waals surface area contributed by atoms with Gasteiger partial charge in [-0.15, -0.1) is 0 Å². The first-order valence-electron chi connectivity index (χ1n) is 10.2. The van der Waals surface area contributed by atoms with E-state index in [1.807, 2.05) is 42.8 Å². The third-order valence-corrected chi connectivity index (χ3v) is 4.91. The molecular formula is C23H22N6O4. The molecule has 0 aliphatic heterocycles. The lowest BCUT2D eigenvalue weighted by atomic mass is 10.2. The fraction of sp³-hybridized carbons (Fsp3) is 0.174. The number of nitrogens with one attached hydrogen (secondary N) is 1. The third kappa shape index (κ3) is 5.24. The van der Waals surface area contributed by atoms with E-state index in [0.717, 1.165) is 17.0 Å². The van der Waals surface area contributed by atoms with Crippen molar-refractivity contribution < 1.29 is 14.5 Å². The monoisotopic (exact) mass is 446 g/mol. The van der Waals surface area contributed by atoms with Crippen molar-refractivity contribution in [2.75, 3.05) is 5.32 Å². The number of hydrogen-bond donors (Lipinski definition) is 1. The summed E-state index contributed by atoms with van der Waals surface area (Å²) in [6.45, 7) is 4.48. The molecule has 0 saturated carbocycles. The summed E-state index contributed by atoms with van der Waals surface area (Å²) in [7, 11) is 0. The number of benzene rings is 2. The van der Waals surface area contributed by atoms with Crippen LogP contribution in [-0.2, 0) is 13.3 Å². The van der Waals surface area contributed by atoms with Gasteiger partial charge in [-0.3, -0.25) is 19.6 Å². The van der Waals surface area contributed by atoms with Crippen molar-refractivity contribution in [2.24, 2.45) is 0 Å². The molecule has 10 heteroatoms. The van der Waals surface area contributed by atoms with Crippen LogP contribution in [0.3, 0.4) is 0 Å². The van der Waals surface area contributed by atoms with Crippen molar-refractivity contribution in [1.82, 2.24) is 19.6 Å². The van der Waals surface area contributed by atoms with Crippen LogP contribution in [0, 0.1) is 24.0 Å². The van der Waals surface area contributed by atoms with Crippen LogP contribution in [0.2, 0.25) is 0 Å². The molecule has 0 bridgehead atoms. The zero-order valence-corrected chi connectivity index (χ0v) is 18.1. The second-order valence-corrected chi connectivity index (χ2v) is 7.48. The second-order valence-electron chi connectivity index (χ2n) is 7.48. The van der Waals surface area contributed by atoms with Gasteiger partial charge in [0.2, 0.25) is 0 Å². The third-order valence-electron chi connectivity index (χ3n) is 4.91. The van der Waals surface area contributed by atoms with Crippen molar-refractivity contribution in [3.05, 3.63) is 99.6 Å². The van der Waals surface area contributed by atoms with Gasteiger partial charge in [-0.1, -0.05) is 24.3 Å². The van der Waals surface area contributed by atoms with Gasteiger partial charge < -0.3 is 10.1 Å². The zero-order valence-electron chi connectivity index (χ0n) is 18.1. The standard InChI is InChI=1S/C23H22N6O4/c1-16-12-17(2)28(25-16)14-18-6-5-7-19(13-18)24-23(30)20-10-11-27(26-20)15-33-22-9-4-3-8-21(22)29(31)32/h3-13H,14-15H2,1-2H3,(H,24,30). The number of anilines is 1. The van der Waals surface area contributed by atoms with Crippen molar-refractivity contribution in [3.8, 4) is 5.75 Å². The maximum absolute atomic E-state index is 12.6. The summed E-state index contributed by atoms with van der Waals surface area (Å²) in [5.41, 5.74) is 3.73. The van der Waals surface area contributed by atoms with Gasteiger partial charge in [0.1, 0.15) is 0 Å². The number of hydrogen-bond acceptors (Lipinski definition) is 6. The molecule has 0 atom stereocenters. The van der Waals surface area contributed by atoms with E-state index in [1.165, 1.54) is 16.8 Å². The number of aryl methyl sites for hydroxylation is 2. The number of para-hydroxylation sites is 2. The van der Waals surface area contributed by atoms with Crippen molar-refractivity contribution >= 4 is 17.3 Å². The fourth-order valence-corrected chi connectivity index (χ4v) is 3.37. The quantitative estimate of drug-likeness (QED) is 0.324. The van der Waals surface area contributed by atoms with Crippen LogP contribution in [0.15, 0.2) is 66.9 Å². The highest BCUT2D eigenvalue weighted by atomic mass is 16.6. The lowest BCUT2D eigenvalue weighted by Gasteiger charge is -2.08. The molecule has 0 aliphatic rings. The van der Waals surface area contributed by atoms with E-state index in [0.29, 0.717) is 12.2 Å². The first-order chi connectivity index (χ1) is 15.9. The Labute approximate surface area is 189 Å². The van der Waals surface area contributed by atoms with Crippen LogP contribution >= 0.6 is 0 Å². The van der Waals surface area contributed by atoms with Crippen molar-refractivity contribution in [1.29, 1.82) is 0 Å². The highest BCUT2D eigenvalue weighted by Gasteiger charge is 2.15. The number of ether oxygens (including phenoxy) is 1. The largest absolute Gasteiger partial charge is 0.464 e. The van der Waals surface area contributed by atoms with E-state index < -0.39 is 4.92 Å². The minimum Gasteiger partial charge on any atom is -0.464 e. The van der Waals surface area contributed by atoms with Gasteiger partial charge in [-0.05, 0) is 49.7 Å². The number of rotatable bonds is 8. The van der Waals surface area contributed by atoms with Gasteiger partial charge in [0.05, 0.1) is 17.2 Å². The maximum atomic E-state index is 12.6. The molecule has 4 rings (SSSR count). The lowest BCUT2D eigenvalue weighted by molar-refractivity contribution is -0.386. The number of nitro benzene ring substituents is 1. The molecule has 2 heterocycles. The minimum atomic E-state index is -0.514. The summed E-state index contributed by atoms with van der Waals surface area (Å²) in [4.78, 5) is 23.2. The van der Waals surface area contributed by atoms with Crippen molar-refractivity contribution in [2.45, 2.75) is 27.1 Å². The van der Waals surface area contributed by atoms with Crippen LogP contribution in [0.5, 0.6) is 5.75 Å². The topological polar surface area (TPSA) is 117 Å².